The Bertz CT molecular complexity index is 514. The molecule has 0 fully saturated rings. The van der Waals surface area contributed by atoms with Crippen molar-refractivity contribution in [2.24, 2.45) is 0 Å². The summed E-state index contributed by atoms with van der Waals surface area (Å²) < 4.78 is 10.5. The average Bonchev–Trinajstić information content (AvgIpc) is 2.34. The Morgan fingerprint density at radius 2 is 2.10 bits per heavy atom. The number of amides is 1. The van der Waals surface area contributed by atoms with Crippen molar-refractivity contribution >= 4 is 28.0 Å². The number of aromatic nitrogens is 1. The van der Waals surface area contributed by atoms with Crippen LogP contribution in [-0.4, -0.2) is 35.8 Å². The molecule has 7 heteroatoms. The monoisotopic (exact) mass is 358 g/mol. The van der Waals surface area contributed by atoms with E-state index in [0.717, 1.165) is 5.56 Å². The van der Waals surface area contributed by atoms with Gasteiger partial charge < -0.3 is 14.8 Å². The van der Waals surface area contributed by atoms with Crippen LogP contribution in [0, 0.1) is 0 Å². The van der Waals surface area contributed by atoms with Crippen LogP contribution in [0.3, 0.4) is 0 Å². The second-order valence-corrected chi connectivity index (χ2v) is 6.23. The van der Waals surface area contributed by atoms with Crippen LogP contribution in [0.4, 0.5) is 4.79 Å². The van der Waals surface area contributed by atoms with Crippen LogP contribution in [0.15, 0.2) is 22.9 Å². The fraction of sp³-hybridized carbons (Fsp3) is 0.500. The molecule has 6 nitrogen and oxygen atoms in total. The number of hydrogen-bond acceptors (Lipinski definition) is 5. The highest BCUT2D eigenvalue weighted by Gasteiger charge is 2.25. The van der Waals surface area contributed by atoms with Crippen LogP contribution in [-0.2, 0) is 20.7 Å². The molecule has 0 saturated heterocycles. The minimum Gasteiger partial charge on any atom is -0.467 e. The number of ether oxygens (including phenoxy) is 2. The lowest BCUT2D eigenvalue weighted by atomic mass is 10.1. The summed E-state index contributed by atoms with van der Waals surface area (Å²) >= 11 is 3.26. The molecule has 0 radical (unpaired) electrons. The van der Waals surface area contributed by atoms with E-state index in [-0.39, 0.29) is 6.42 Å². The van der Waals surface area contributed by atoms with Crippen molar-refractivity contribution in [1.82, 2.24) is 10.3 Å². The first-order valence-corrected chi connectivity index (χ1v) is 7.18. The van der Waals surface area contributed by atoms with Crippen molar-refractivity contribution < 1.29 is 19.1 Å². The molecule has 0 aromatic carbocycles. The number of nitrogens with zero attached hydrogens (tertiary/aromatic N) is 1. The summed E-state index contributed by atoms with van der Waals surface area (Å²) in [4.78, 5) is 27.6. The third-order valence-corrected chi connectivity index (χ3v) is 2.84. The molecule has 1 unspecified atom stereocenters. The van der Waals surface area contributed by atoms with Crippen LogP contribution in [0.25, 0.3) is 0 Å². The summed E-state index contributed by atoms with van der Waals surface area (Å²) in [5.41, 5.74) is 0.202. The Morgan fingerprint density at radius 3 is 2.62 bits per heavy atom. The van der Waals surface area contributed by atoms with Crippen molar-refractivity contribution in [1.29, 1.82) is 0 Å². The number of alkyl carbamates (subject to hydrolysis) is 1. The maximum absolute atomic E-state index is 11.8. The Kier molecular flexibility index (Phi) is 6.14. The first kappa shape index (κ1) is 17.4. The molecule has 1 N–H and O–H groups in total. The third kappa shape index (κ3) is 6.57. The van der Waals surface area contributed by atoms with Crippen molar-refractivity contribution in [2.75, 3.05) is 7.11 Å². The number of pyridine rings is 1. The first-order chi connectivity index (χ1) is 9.71. The molecule has 0 bridgehead atoms. The largest absolute Gasteiger partial charge is 0.467 e. The number of hydrogen-bond donors (Lipinski definition) is 1. The van der Waals surface area contributed by atoms with E-state index in [1.807, 2.05) is 0 Å². The normalized spacial score (nSPS) is 12.4. The van der Waals surface area contributed by atoms with E-state index in [0.29, 0.717) is 4.60 Å². The van der Waals surface area contributed by atoms with Crippen LogP contribution in [0.2, 0.25) is 0 Å². The minimum absolute atomic E-state index is 0.285. The maximum Gasteiger partial charge on any atom is 0.408 e. The van der Waals surface area contributed by atoms with Gasteiger partial charge in [0.2, 0.25) is 0 Å². The van der Waals surface area contributed by atoms with Crippen molar-refractivity contribution in [3.63, 3.8) is 0 Å². The zero-order valence-corrected chi connectivity index (χ0v) is 14.1. The van der Waals surface area contributed by atoms with Gasteiger partial charge in [0.15, 0.2) is 0 Å². The fourth-order valence-corrected chi connectivity index (χ4v) is 2.00. The summed E-state index contributed by atoms with van der Waals surface area (Å²) in [6.07, 6.45) is 1.24. The highest BCUT2D eigenvalue weighted by Crippen LogP contribution is 2.12. The summed E-state index contributed by atoms with van der Waals surface area (Å²) in [5, 5.41) is 2.52. The van der Waals surface area contributed by atoms with E-state index >= 15 is 0 Å². The van der Waals surface area contributed by atoms with Gasteiger partial charge in [-0.1, -0.05) is 0 Å². The Balaban J connectivity index is 2.77. The van der Waals surface area contributed by atoms with Gasteiger partial charge in [-0.25, -0.2) is 14.6 Å². The molecule has 0 aliphatic heterocycles. The smallest absolute Gasteiger partial charge is 0.408 e. The fourth-order valence-electron chi connectivity index (χ4n) is 1.59. The van der Waals surface area contributed by atoms with Crippen LogP contribution in [0.1, 0.15) is 26.3 Å². The standard InChI is InChI=1S/C14H19BrN2O4/c1-14(2,3)21-13(19)17-10(12(18)20-4)7-9-5-6-16-11(15)8-9/h5-6,8,10H,7H2,1-4H3,(H,17,19). The van der Waals surface area contributed by atoms with Gasteiger partial charge in [0.05, 0.1) is 7.11 Å². The van der Waals surface area contributed by atoms with E-state index in [4.69, 9.17) is 9.47 Å². The molecule has 0 spiro atoms. The molecular formula is C14H19BrN2O4. The lowest BCUT2D eigenvalue weighted by Crippen LogP contribution is -2.45. The van der Waals surface area contributed by atoms with Crippen molar-refractivity contribution in [2.45, 2.75) is 38.8 Å². The van der Waals surface area contributed by atoms with E-state index in [9.17, 15) is 9.59 Å². The predicted molar refractivity (Wildman–Crippen MR) is 80.8 cm³/mol. The van der Waals surface area contributed by atoms with Gasteiger partial charge in [0.25, 0.3) is 0 Å². The predicted octanol–water partition coefficient (Wildman–Crippen LogP) is 2.45. The Hall–Kier alpha value is -1.63. The van der Waals surface area contributed by atoms with Gasteiger partial charge in [0, 0.05) is 12.6 Å². The number of carbonyl (C=O) groups excluding carboxylic acids is 2. The first-order valence-electron chi connectivity index (χ1n) is 6.39. The van der Waals surface area contributed by atoms with Gasteiger partial charge in [-0.05, 0) is 54.4 Å². The Morgan fingerprint density at radius 1 is 1.43 bits per heavy atom. The van der Waals surface area contributed by atoms with Crippen molar-refractivity contribution in [3.05, 3.63) is 28.5 Å². The molecule has 1 rings (SSSR count). The Labute approximate surface area is 132 Å². The van der Waals surface area contributed by atoms with Gasteiger partial charge >= 0.3 is 12.1 Å². The number of esters is 1. The molecule has 0 aliphatic rings. The van der Waals surface area contributed by atoms with E-state index in [1.54, 1.807) is 39.1 Å². The molecule has 1 aromatic heterocycles. The van der Waals surface area contributed by atoms with Crippen LogP contribution >= 0.6 is 15.9 Å². The van der Waals surface area contributed by atoms with E-state index in [2.05, 4.69) is 26.2 Å². The minimum atomic E-state index is -0.820. The highest BCUT2D eigenvalue weighted by molar-refractivity contribution is 9.10. The molecule has 1 atom stereocenters. The molecule has 1 aromatic rings. The number of carbonyl (C=O) groups is 2. The summed E-state index contributed by atoms with van der Waals surface area (Å²) in [6, 6.07) is 2.71. The summed E-state index contributed by atoms with van der Waals surface area (Å²) in [5.74, 6) is -0.534. The molecule has 1 heterocycles. The van der Waals surface area contributed by atoms with E-state index in [1.165, 1.54) is 7.11 Å². The van der Waals surface area contributed by atoms with Gasteiger partial charge in [-0.15, -0.1) is 0 Å². The topological polar surface area (TPSA) is 77.5 Å². The number of methoxy groups -OCH3 is 1. The number of rotatable bonds is 4. The molecule has 0 aliphatic carbocycles. The zero-order chi connectivity index (χ0) is 16.0. The number of nitrogens with one attached hydrogen (secondary N) is 1. The SMILES string of the molecule is COC(=O)C(Cc1ccnc(Br)c1)NC(=O)OC(C)(C)C. The van der Waals surface area contributed by atoms with Crippen molar-refractivity contribution in [3.8, 4) is 0 Å². The average molecular weight is 359 g/mol. The maximum atomic E-state index is 11.8. The molecule has 116 valence electrons. The second kappa shape index (κ2) is 7.40. The van der Waals surface area contributed by atoms with Gasteiger partial charge in [0.1, 0.15) is 16.2 Å². The quantitative estimate of drug-likeness (QED) is 0.660. The van der Waals surface area contributed by atoms with E-state index < -0.39 is 23.7 Å². The second-order valence-electron chi connectivity index (χ2n) is 5.41. The lowest BCUT2D eigenvalue weighted by molar-refractivity contribution is -0.143. The van der Waals surface area contributed by atoms with Gasteiger partial charge in [-0.3, -0.25) is 0 Å². The highest BCUT2D eigenvalue weighted by atomic mass is 79.9. The molecule has 1 amide bonds. The summed E-state index contributed by atoms with van der Waals surface area (Å²) in [7, 11) is 1.27. The zero-order valence-electron chi connectivity index (χ0n) is 12.5. The number of halogens is 1. The lowest BCUT2D eigenvalue weighted by Gasteiger charge is -2.22. The van der Waals surface area contributed by atoms with Crippen LogP contribution < -0.4 is 5.32 Å². The van der Waals surface area contributed by atoms with Crippen LogP contribution in [0.5, 0.6) is 0 Å². The molecular weight excluding hydrogens is 340 g/mol. The molecule has 0 saturated carbocycles. The third-order valence-electron chi connectivity index (χ3n) is 2.41. The molecule has 21 heavy (non-hydrogen) atoms. The summed E-state index contributed by atoms with van der Waals surface area (Å²) in [6.45, 7) is 5.25. The van der Waals surface area contributed by atoms with Gasteiger partial charge in [-0.2, -0.15) is 0 Å².